The largest absolute Gasteiger partial charge is 0.379 e. The van der Waals surface area contributed by atoms with Crippen molar-refractivity contribution < 1.29 is 14.3 Å². The fraction of sp³-hybridized carbons (Fsp3) is 0.500. The van der Waals surface area contributed by atoms with Gasteiger partial charge in [-0.15, -0.1) is 11.3 Å². The summed E-state index contributed by atoms with van der Waals surface area (Å²) in [7, 11) is 0. The number of benzene rings is 1. The Kier molecular flexibility index (Phi) is 8.90. The molecule has 3 amide bonds. The van der Waals surface area contributed by atoms with Crippen LogP contribution in [0.1, 0.15) is 41.8 Å². The Morgan fingerprint density at radius 2 is 1.97 bits per heavy atom. The van der Waals surface area contributed by atoms with E-state index >= 15 is 0 Å². The highest BCUT2D eigenvalue weighted by molar-refractivity contribution is 7.12. The molecule has 1 aromatic carbocycles. The summed E-state index contributed by atoms with van der Waals surface area (Å²) in [5.41, 5.74) is 3.13. The average molecular weight is 498 g/mol. The second-order valence-corrected chi connectivity index (χ2v) is 9.95. The second kappa shape index (κ2) is 12.3. The van der Waals surface area contributed by atoms with Crippen molar-refractivity contribution in [2.24, 2.45) is 5.10 Å². The monoisotopic (exact) mass is 497 g/mol. The predicted molar refractivity (Wildman–Crippen MR) is 139 cm³/mol. The molecule has 0 spiro atoms. The van der Waals surface area contributed by atoms with Gasteiger partial charge in [0.2, 0.25) is 0 Å². The van der Waals surface area contributed by atoms with Gasteiger partial charge >= 0.3 is 6.03 Å². The van der Waals surface area contributed by atoms with Crippen LogP contribution in [-0.4, -0.2) is 84.9 Å². The number of rotatable bonds is 9. The smallest absolute Gasteiger partial charge is 0.317 e. The van der Waals surface area contributed by atoms with E-state index < -0.39 is 0 Å². The SMILES string of the molecule is CCCNC(=O)N(CCN1CCOCC1)CC(=O)N1N=C(c2cccs2)C[C@@H]1c1ccc(C)cc1. The zero-order valence-corrected chi connectivity index (χ0v) is 21.4. The van der Waals surface area contributed by atoms with E-state index in [0.29, 0.717) is 39.3 Å². The summed E-state index contributed by atoms with van der Waals surface area (Å²) in [6, 6.07) is 11.9. The van der Waals surface area contributed by atoms with Crippen LogP contribution in [-0.2, 0) is 9.53 Å². The molecule has 0 saturated carbocycles. The Bertz CT molecular complexity index is 1000. The van der Waals surface area contributed by atoms with Crippen molar-refractivity contribution in [1.82, 2.24) is 20.1 Å². The van der Waals surface area contributed by atoms with Gasteiger partial charge in [0.05, 0.1) is 29.8 Å². The summed E-state index contributed by atoms with van der Waals surface area (Å²) >= 11 is 1.63. The third-order valence-corrected chi connectivity index (χ3v) is 7.28. The average Bonchev–Trinajstić information content (AvgIpc) is 3.56. The first-order valence-electron chi connectivity index (χ1n) is 12.4. The maximum Gasteiger partial charge on any atom is 0.317 e. The number of aryl methyl sites for hydroxylation is 1. The first-order valence-corrected chi connectivity index (χ1v) is 13.3. The van der Waals surface area contributed by atoms with Crippen molar-refractivity contribution in [2.45, 2.75) is 32.7 Å². The van der Waals surface area contributed by atoms with Crippen LogP contribution < -0.4 is 5.32 Å². The first kappa shape index (κ1) is 25.3. The van der Waals surface area contributed by atoms with E-state index in [9.17, 15) is 9.59 Å². The molecule has 1 saturated heterocycles. The van der Waals surface area contributed by atoms with Gasteiger partial charge in [0.1, 0.15) is 6.54 Å². The molecule has 0 radical (unpaired) electrons. The topological polar surface area (TPSA) is 77.5 Å². The quantitative estimate of drug-likeness (QED) is 0.575. The molecule has 1 N–H and O–H groups in total. The van der Waals surface area contributed by atoms with E-state index in [-0.39, 0.29) is 24.5 Å². The second-order valence-electron chi connectivity index (χ2n) is 9.00. The van der Waals surface area contributed by atoms with E-state index in [1.165, 1.54) is 5.56 Å². The number of ether oxygens (including phenoxy) is 1. The molecule has 9 heteroatoms. The fourth-order valence-electron chi connectivity index (χ4n) is 4.30. The number of urea groups is 1. The van der Waals surface area contributed by atoms with Gasteiger partial charge in [-0.25, -0.2) is 9.80 Å². The molecule has 1 atom stereocenters. The minimum absolute atomic E-state index is 0.0104. The maximum absolute atomic E-state index is 13.6. The van der Waals surface area contributed by atoms with E-state index in [1.807, 2.05) is 24.4 Å². The lowest BCUT2D eigenvalue weighted by Gasteiger charge is -2.31. The van der Waals surface area contributed by atoms with Crippen LogP contribution >= 0.6 is 11.3 Å². The number of carbonyl (C=O) groups excluding carboxylic acids is 2. The predicted octanol–water partition coefficient (Wildman–Crippen LogP) is 3.49. The summed E-state index contributed by atoms with van der Waals surface area (Å²) in [6.07, 6.45) is 1.50. The molecule has 8 nitrogen and oxygen atoms in total. The van der Waals surface area contributed by atoms with Gasteiger partial charge in [0.15, 0.2) is 0 Å². The molecule has 1 aromatic heterocycles. The van der Waals surface area contributed by atoms with Crippen LogP contribution in [0.15, 0.2) is 46.9 Å². The molecule has 188 valence electrons. The summed E-state index contributed by atoms with van der Waals surface area (Å²) in [5, 5.41) is 11.3. The summed E-state index contributed by atoms with van der Waals surface area (Å²) < 4.78 is 5.43. The number of amides is 3. The number of morpholine rings is 1. The standard InChI is InChI=1S/C26H35N5O3S/c1-3-10-27-26(33)30(12-11-29-13-15-34-16-14-29)19-25(32)31-23(21-8-6-20(2)7-9-21)18-22(28-31)24-5-4-17-35-24/h4-9,17,23H,3,10-16,18-19H2,1-2H3,(H,27,33)/t23-/m1/s1. The highest BCUT2D eigenvalue weighted by Crippen LogP contribution is 2.34. The molecule has 0 bridgehead atoms. The Morgan fingerprint density at radius 1 is 1.20 bits per heavy atom. The van der Waals surface area contributed by atoms with Crippen LogP contribution in [0.5, 0.6) is 0 Å². The molecule has 0 unspecified atom stereocenters. The summed E-state index contributed by atoms with van der Waals surface area (Å²) in [4.78, 5) is 31.5. The number of nitrogens with one attached hydrogen (secondary N) is 1. The Morgan fingerprint density at radius 3 is 2.66 bits per heavy atom. The van der Waals surface area contributed by atoms with Gasteiger partial charge in [-0.3, -0.25) is 9.69 Å². The molecule has 4 rings (SSSR count). The number of hydrogen-bond donors (Lipinski definition) is 1. The Balaban J connectivity index is 1.51. The highest BCUT2D eigenvalue weighted by atomic mass is 32.1. The van der Waals surface area contributed by atoms with Crippen molar-refractivity contribution in [3.05, 3.63) is 57.8 Å². The van der Waals surface area contributed by atoms with Gasteiger partial charge in [-0.1, -0.05) is 42.8 Å². The van der Waals surface area contributed by atoms with E-state index in [2.05, 4.69) is 41.4 Å². The molecule has 2 aromatic rings. The normalized spacial score (nSPS) is 18.4. The lowest BCUT2D eigenvalue weighted by Crippen LogP contribution is -2.49. The first-order chi connectivity index (χ1) is 17.0. The molecule has 2 aliphatic rings. The van der Waals surface area contributed by atoms with Crippen LogP contribution in [0.2, 0.25) is 0 Å². The molecule has 35 heavy (non-hydrogen) atoms. The van der Waals surface area contributed by atoms with Crippen LogP contribution in [0, 0.1) is 6.92 Å². The number of nitrogens with zero attached hydrogens (tertiary/aromatic N) is 4. The molecule has 2 aliphatic heterocycles. The Labute approximate surface area is 211 Å². The molecular weight excluding hydrogens is 462 g/mol. The van der Waals surface area contributed by atoms with Crippen molar-refractivity contribution in [2.75, 3.05) is 52.5 Å². The van der Waals surface area contributed by atoms with Gasteiger partial charge in [-0.2, -0.15) is 5.10 Å². The lowest BCUT2D eigenvalue weighted by molar-refractivity contribution is -0.133. The minimum Gasteiger partial charge on any atom is -0.379 e. The highest BCUT2D eigenvalue weighted by Gasteiger charge is 2.34. The molecular formula is C26H35N5O3S. The van der Waals surface area contributed by atoms with Gasteiger partial charge in [-0.05, 0) is 30.4 Å². The maximum atomic E-state index is 13.6. The number of carbonyl (C=O) groups is 2. The van der Waals surface area contributed by atoms with E-state index in [0.717, 1.165) is 35.7 Å². The summed E-state index contributed by atoms with van der Waals surface area (Å²) in [6.45, 7) is 8.91. The third kappa shape index (κ3) is 6.68. The van der Waals surface area contributed by atoms with Gasteiger partial charge < -0.3 is 15.0 Å². The third-order valence-electron chi connectivity index (χ3n) is 6.36. The van der Waals surface area contributed by atoms with Crippen molar-refractivity contribution in [3.8, 4) is 0 Å². The van der Waals surface area contributed by atoms with Gasteiger partial charge in [0.25, 0.3) is 5.91 Å². The Hall–Kier alpha value is -2.75. The van der Waals surface area contributed by atoms with Crippen molar-refractivity contribution in [1.29, 1.82) is 0 Å². The number of hydrogen-bond acceptors (Lipinski definition) is 6. The zero-order chi connectivity index (χ0) is 24.6. The minimum atomic E-state index is -0.206. The lowest BCUT2D eigenvalue weighted by atomic mass is 10.00. The van der Waals surface area contributed by atoms with Crippen molar-refractivity contribution >= 4 is 29.0 Å². The van der Waals surface area contributed by atoms with Gasteiger partial charge in [0, 0.05) is 39.1 Å². The van der Waals surface area contributed by atoms with Crippen LogP contribution in [0.4, 0.5) is 4.79 Å². The molecule has 3 heterocycles. The molecule has 0 aliphatic carbocycles. The van der Waals surface area contributed by atoms with E-state index in [4.69, 9.17) is 9.84 Å². The summed E-state index contributed by atoms with van der Waals surface area (Å²) in [5.74, 6) is -0.171. The number of hydrazone groups is 1. The van der Waals surface area contributed by atoms with Crippen LogP contribution in [0.25, 0.3) is 0 Å². The zero-order valence-electron chi connectivity index (χ0n) is 20.6. The van der Waals surface area contributed by atoms with E-state index in [1.54, 1.807) is 21.2 Å². The van der Waals surface area contributed by atoms with Crippen LogP contribution in [0.3, 0.4) is 0 Å². The fourth-order valence-corrected chi connectivity index (χ4v) is 5.02. The molecule has 1 fully saturated rings. The number of thiophene rings is 1. The van der Waals surface area contributed by atoms with Crippen molar-refractivity contribution in [3.63, 3.8) is 0 Å².